The maximum atomic E-state index is 11.1. The van der Waals surface area contributed by atoms with E-state index < -0.39 is 0 Å². The van der Waals surface area contributed by atoms with Crippen LogP contribution in [0.4, 0.5) is 0 Å². The normalized spacial score (nSPS) is 13.3. The van der Waals surface area contributed by atoms with E-state index in [1.807, 2.05) is 23.5 Å². The molecule has 0 saturated carbocycles. The summed E-state index contributed by atoms with van der Waals surface area (Å²) < 4.78 is 0. The highest BCUT2D eigenvalue weighted by Crippen LogP contribution is 2.41. The van der Waals surface area contributed by atoms with Crippen molar-refractivity contribution in [2.75, 3.05) is 11.5 Å². The van der Waals surface area contributed by atoms with Crippen molar-refractivity contribution in [3.63, 3.8) is 0 Å². The molecule has 3 rings (SSSR count). The van der Waals surface area contributed by atoms with Crippen molar-refractivity contribution in [2.24, 2.45) is 0 Å². The molecule has 0 atom stereocenters. The van der Waals surface area contributed by atoms with Gasteiger partial charge in [0.05, 0.1) is 0 Å². The minimum atomic E-state index is -0.107. The van der Waals surface area contributed by atoms with Crippen LogP contribution in [0.25, 0.3) is 0 Å². The fourth-order valence-corrected chi connectivity index (χ4v) is 7.94. The Morgan fingerprint density at radius 3 is 0.938 bits per heavy atom. The van der Waals surface area contributed by atoms with E-state index >= 15 is 0 Å². The summed E-state index contributed by atoms with van der Waals surface area (Å²) in [6.45, 7) is 33.1. The molecule has 2 nitrogen and oxygen atoms in total. The number of aromatic hydroxyl groups is 2. The Morgan fingerprint density at radius 2 is 0.688 bits per heavy atom. The first-order valence-corrected chi connectivity index (χ1v) is 20.1. The molecule has 3 aromatic rings. The molecule has 0 aromatic heterocycles. The van der Waals surface area contributed by atoms with Crippen molar-refractivity contribution in [3.8, 4) is 11.5 Å². The Hall–Kier alpha value is -2.04. The average molecular weight is 691 g/mol. The van der Waals surface area contributed by atoms with E-state index in [1.54, 1.807) is 0 Å². The van der Waals surface area contributed by atoms with E-state index in [4.69, 9.17) is 0 Å². The number of aryl methyl sites for hydroxylation is 2. The van der Waals surface area contributed by atoms with Crippen molar-refractivity contribution < 1.29 is 10.2 Å². The van der Waals surface area contributed by atoms with Crippen molar-refractivity contribution >= 4 is 23.5 Å². The molecule has 0 amide bonds. The lowest BCUT2D eigenvalue weighted by Crippen LogP contribution is -2.18. The van der Waals surface area contributed by atoms with Crippen LogP contribution >= 0.6 is 23.5 Å². The van der Waals surface area contributed by atoms with Crippen LogP contribution in [0.3, 0.4) is 0 Å². The zero-order valence-corrected chi connectivity index (χ0v) is 34.6. The Bertz CT molecular complexity index is 1370. The van der Waals surface area contributed by atoms with Gasteiger partial charge in [-0.15, -0.1) is 0 Å². The highest BCUT2D eigenvalue weighted by Gasteiger charge is 2.28. The SMILES string of the molecule is CC(C)(C)c1cc(CSCCc2cc(C(C)(C)C)c(O)c(C(C)(C)C)c2)cc(CSCCc2cc(C(C)(C)C)c(O)c(C(C)(C)C)c2)c1. The van der Waals surface area contributed by atoms with Gasteiger partial charge in [0.1, 0.15) is 11.5 Å². The van der Waals surface area contributed by atoms with Gasteiger partial charge in [-0.1, -0.05) is 146 Å². The van der Waals surface area contributed by atoms with Crippen molar-refractivity contribution in [1.29, 1.82) is 0 Å². The van der Waals surface area contributed by atoms with Gasteiger partial charge in [0.25, 0.3) is 0 Å². The van der Waals surface area contributed by atoms with Gasteiger partial charge in [-0.05, 0) is 101 Å². The van der Waals surface area contributed by atoms with Gasteiger partial charge in [0, 0.05) is 11.5 Å². The van der Waals surface area contributed by atoms with Gasteiger partial charge in [0.2, 0.25) is 0 Å². The molecule has 0 fully saturated rings. The first-order valence-electron chi connectivity index (χ1n) is 17.8. The molecule has 0 aliphatic carbocycles. The summed E-state index contributed by atoms with van der Waals surface area (Å²) in [5.41, 5.74) is 10.7. The lowest BCUT2D eigenvalue weighted by atomic mass is 9.78. The van der Waals surface area contributed by atoms with Crippen molar-refractivity contribution in [3.05, 3.63) is 92.5 Å². The predicted octanol–water partition coefficient (Wildman–Crippen LogP) is 12.5. The molecule has 2 N–H and O–H groups in total. The number of phenols is 2. The Morgan fingerprint density at radius 1 is 0.396 bits per heavy atom. The second kappa shape index (κ2) is 15.1. The van der Waals surface area contributed by atoms with Crippen LogP contribution < -0.4 is 0 Å². The molecule has 266 valence electrons. The van der Waals surface area contributed by atoms with Gasteiger partial charge in [-0.25, -0.2) is 0 Å². The summed E-state index contributed by atoms with van der Waals surface area (Å²) in [5.74, 6) is 5.00. The lowest BCUT2D eigenvalue weighted by Gasteiger charge is -2.28. The Kier molecular flexibility index (Phi) is 12.7. The quantitative estimate of drug-likeness (QED) is 0.208. The average Bonchev–Trinajstić information content (AvgIpc) is 2.91. The van der Waals surface area contributed by atoms with Gasteiger partial charge < -0.3 is 10.2 Å². The molecule has 48 heavy (non-hydrogen) atoms. The molecule has 4 heteroatoms. The highest BCUT2D eigenvalue weighted by atomic mass is 32.2. The summed E-state index contributed by atoms with van der Waals surface area (Å²) in [4.78, 5) is 0. The lowest BCUT2D eigenvalue weighted by molar-refractivity contribution is 0.422. The molecule has 0 bridgehead atoms. The topological polar surface area (TPSA) is 40.5 Å². The van der Waals surface area contributed by atoms with E-state index in [2.05, 4.69) is 146 Å². The van der Waals surface area contributed by atoms with E-state index in [-0.39, 0.29) is 27.1 Å². The zero-order chi connectivity index (χ0) is 36.5. The molecular formula is C44H66O2S2. The largest absolute Gasteiger partial charge is 0.507 e. The van der Waals surface area contributed by atoms with Crippen LogP contribution in [-0.4, -0.2) is 21.7 Å². The molecule has 0 radical (unpaired) electrons. The van der Waals surface area contributed by atoms with Crippen LogP contribution in [0.1, 0.15) is 154 Å². The third-order valence-corrected chi connectivity index (χ3v) is 11.2. The van der Waals surface area contributed by atoms with Crippen LogP contribution in [0.15, 0.2) is 42.5 Å². The van der Waals surface area contributed by atoms with Gasteiger partial charge in [0.15, 0.2) is 0 Å². The smallest absolute Gasteiger partial charge is 0.123 e. The second-order valence-corrected chi connectivity index (χ2v) is 21.2. The molecule has 3 aromatic carbocycles. The van der Waals surface area contributed by atoms with E-state index in [1.165, 1.54) is 27.8 Å². The maximum absolute atomic E-state index is 11.1. The molecular weight excluding hydrogens is 625 g/mol. The number of phenolic OH excluding ortho intramolecular Hbond substituents is 2. The molecule has 0 unspecified atom stereocenters. The number of benzene rings is 3. The number of hydrogen-bond donors (Lipinski definition) is 2. The summed E-state index contributed by atoms with van der Waals surface area (Å²) in [6, 6.07) is 16.2. The number of rotatable bonds is 10. The predicted molar refractivity (Wildman–Crippen MR) is 216 cm³/mol. The first-order chi connectivity index (χ1) is 21.8. The van der Waals surface area contributed by atoms with Crippen LogP contribution in [-0.2, 0) is 51.4 Å². The summed E-state index contributed by atoms with van der Waals surface area (Å²) >= 11 is 4.01. The highest BCUT2D eigenvalue weighted by molar-refractivity contribution is 7.98. The minimum Gasteiger partial charge on any atom is -0.507 e. The number of thioether (sulfide) groups is 2. The fraction of sp³-hybridized carbons (Fsp3) is 0.591. The Labute approximate surface area is 303 Å². The van der Waals surface area contributed by atoms with Gasteiger partial charge in [-0.2, -0.15) is 23.5 Å². The molecule has 0 aliphatic rings. The first kappa shape index (κ1) is 40.4. The third kappa shape index (κ3) is 11.0. The minimum absolute atomic E-state index is 0.0948. The van der Waals surface area contributed by atoms with Crippen molar-refractivity contribution in [2.45, 2.75) is 155 Å². The van der Waals surface area contributed by atoms with Gasteiger partial charge in [-0.3, -0.25) is 0 Å². The summed E-state index contributed by atoms with van der Waals surface area (Å²) in [7, 11) is 0. The number of hydrogen-bond acceptors (Lipinski definition) is 4. The third-order valence-electron chi connectivity index (χ3n) is 9.10. The standard InChI is InChI=1S/C44H66O2S2/c1-40(2,3)33-21-31(27-47-18-16-29-23-34(41(4,5)6)38(45)35(24-29)42(7,8)9)20-32(22-33)28-48-19-17-30-25-36(43(10,11)12)39(46)37(26-30)44(13,14)15/h20-26,45-46H,16-19,27-28H2,1-15H3. The summed E-state index contributed by atoms with van der Waals surface area (Å²) in [5, 5.41) is 22.3. The molecule has 0 spiro atoms. The summed E-state index contributed by atoms with van der Waals surface area (Å²) in [6.07, 6.45) is 1.98. The van der Waals surface area contributed by atoms with Gasteiger partial charge >= 0.3 is 0 Å². The zero-order valence-electron chi connectivity index (χ0n) is 33.0. The van der Waals surface area contributed by atoms with Crippen LogP contribution in [0.2, 0.25) is 0 Å². The molecule has 0 saturated heterocycles. The van der Waals surface area contributed by atoms with E-state index in [0.717, 1.165) is 58.1 Å². The monoisotopic (exact) mass is 690 g/mol. The van der Waals surface area contributed by atoms with E-state index in [0.29, 0.717) is 11.5 Å². The van der Waals surface area contributed by atoms with E-state index in [9.17, 15) is 10.2 Å². The molecule has 0 heterocycles. The van der Waals surface area contributed by atoms with Crippen molar-refractivity contribution in [1.82, 2.24) is 0 Å². The molecule has 0 aliphatic heterocycles. The van der Waals surface area contributed by atoms with Crippen LogP contribution in [0, 0.1) is 0 Å². The fourth-order valence-electron chi connectivity index (χ4n) is 6.09. The Balaban J connectivity index is 1.71. The second-order valence-electron chi connectivity index (χ2n) is 19.0. The van der Waals surface area contributed by atoms with Crippen LogP contribution in [0.5, 0.6) is 11.5 Å². The maximum Gasteiger partial charge on any atom is 0.123 e.